The van der Waals surface area contributed by atoms with Crippen LogP contribution in [0.3, 0.4) is 0 Å². The van der Waals surface area contributed by atoms with Crippen LogP contribution in [0, 0.1) is 0 Å². The smallest absolute Gasteiger partial charge is 0.137 e. The lowest BCUT2D eigenvalue weighted by Gasteiger charge is -2.07. The molecule has 0 saturated heterocycles. The fourth-order valence-corrected chi connectivity index (χ4v) is 0.682. The molecule has 1 aliphatic heterocycles. The summed E-state index contributed by atoms with van der Waals surface area (Å²) in [6.07, 6.45) is 2.54. The van der Waals surface area contributed by atoms with Gasteiger partial charge in [-0.3, -0.25) is 0 Å². The fraction of sp³-hybridized carbons (Fsp3) is 0.667. The topological polar surface area (TPSA) is 15.6 Å². The average Bonchev–Trinajstić information content (AvgIpc) is 1.91. The van der Waals surface area contributed by atoms with Crippen LogP contribution in [-0.4, -0.2) is 16.1 Å². The minimum Gasteiger partial charge on any atom is -0.224 e. The van der Waals surface area contributed by atoms with Crippen molar-refractivity contribution in [2.75, 3.05) is 0 Å². The molecule has 1 heterocycles. The summed E-state index contributed by atoms with van der Waals surface area (Å²) in [4.78, 5) is 0. The molecule has 0 aliphatic carbocycles. The molecule has 0 spiro atoms. The molecule has 2 nitrogen and oxygen atoms in total. The monoisotopic (exact) mass is 136 g/mol. The first-order chi connectivity index (χ1) is 3.30. The predicted octanol–water partition coefficient (Wildman–Crippen LogP) is 1.09. The molecule has 1 unspecified atom stereocenters. The van der Waals surface area contributed by atoms with E-state index in [-0.39, 0.29) is 5.50 Å². The third-order valence-electron chi connectivity index (χ3n) is 0.750. The number of rotatable bonds is 0. The zero-order chi connectivity index (χ0) is 5.28. The Bertz CT molecular complexity index is 94.9. The van der Waals surface area contributed by atoms with Gasteiger partial charge in [0, 0.05) is 12.6 Å². The summed E-state index contributed by atoms with van der Waals surface area (Å²) in [6.45, 7) is 0. The van der Waals surface area contributed by atoms with E-state index < -0.39 is 0 Å². The van der Waals surface area contributed by atoms with Crippen LogP contribution in [-0.2, 0) is 0 Å². The van der Waals surface area contributed by atoms with Gasteiger partial charge in [-0.05, 0) is 12.8 Å². The van der Waals surface area contributed by atoms with E-state index in [4.69, 9.17) is 11.6 Å². The molecule has 0 saturated carbocycles. The Kier molecular flexibility index (Phi) is 1.44. The van der Waals surface area contributed by atoms with Gasteiger partial charge in [-0.25, -0.2) is 4.41 Å². The van der Waals surface area contributed by atoms with Crippen LogP contribution in [0.5, 0.6) is 0 Å². The first-order valence-electron chi connectivity index (χ1n) is 1.95. The molecule has 1 atom stereocenters. The van der Waals surface area contributed by atoms with Gasteiger partial charge in [0.2, 0.25) is 0 Å². The SMILES string of the molecule is SN1N=CCC1Cl. The first-order valence-corrected chi connectivity index (χ1v) is 2.79. The van der Waals surface area contributed by atoms with Gasteiger partial charge in [-0.15, -0.1) is 0 Å². The normalized spacial score (nSPS) is 29.4. The Morgan fingerprint density at radius 2 is 2.71 bits per heavy atom. The van der Waals surface area contributed by atoms with Gasteiger partial charge in [0.1, 0.15) is 5.50 Å². The molecule has 0 N–H and O–H groups in total. The van der Waals surface area contributed by atoms with E-state index in [1.54, 1.807) is 6.21 Å². The molecule has 1 aliphatic rings. The molecule has 0 aromatic carbocycles. The Morgan fingerprint density at radius 1 is 2.00 bits per heavy atom. The van der Waals surface area contributed by atoms with Crippen molar-refractivity contribution in [1.29, 1.82) is 0 Å². The van der Waals surface area contributed by atoms with Gasteiger partial charge >= 0.3 is 0 Å². The summed E-state index contributed by atoms with van der Waals surface area (Å²) in [7, 11) is 0. The summed E-state index contributed by atoms with van der Waals surface area (Å²) in [5, 5.41) is 3.76. The third-order valence-corrected chi connectivity index (χ3v) is 1.63. The van der Waals surface area contributed by atoms with E-state index in [2.05, 4.69) is 17.9 Å². The van der Waals surface area contributed by atoms with E-state index in [1.807, 2.05) is 0 Å². The second-order valence-electron chi connectivity index (χ2n) is 1.29. The molecule has 1 rings (SSSR count). The van der Waals surface area contributed by atoms with Gasteiger partial charge in [-0.1, -0.05) is 11.6 Å². The molecule has 4 heteroatoms. The van der Waals surface area contributed by atoms with Gasteiger partial charge in [0.05, 0.1) is 0 Å². The maximum absolute atomic E-state index is 5.59. The van der Waals surface area contributed by atoms with Crippen molar-refractivity contribution in [2.24, 2.45) is 5.10 Å². The van der Waals surface area contributed by atoms with Gasteiger partial charge < -0.3 is 0 Å². The van der Waals surface area contributed by atoms with Crippen molar-refractivity contribution >= 4 is 30.6 Å². The van der Waals surface area contributed by atoms with Crippen LogP contribution < -0.4 is 0 Å². The molecule has 0 aromatic heterocycles. The second-order valence-corrected chi connectivity index (χ2v) is 2.20. The molecule has 40 valence electrons. The zero-order valence-electron chi connectivity index (χ0n) is 3.58. The maximum Gasteiger partial charge on any atom is 0.137 e. The Labute approximate surface area is 52.7 Å². The van der Waals surface area contributed by atoms with Crippen LogP contribution in [0.15, 0.2) is 5.10 Å². The van der Waals surface area contributed by atoms with Crippen molar-refractivity contribution in [1.82, 2.24) is 4.41 Å². The minimum atomic E-state index is -0.0386. The van der Waals surface area contributed by atoms with Gasteiger partial charge in [0.15, 0.2) is 0 Å². The van der Waals surface area contributed by atoms with Crippen LogP contribution >= 0.6 is 24.4 Å². The number of nitrogens with zero attached hydrogens (tertiary/aromatic N) is 2. The summed E-state index contributed by atoms with van der Waals surface area (Å²) >= 11 is 9.48. The molecular formula is C3H5ClN2S. The lowest BCUT2D eigenvalue weighted by atomic mass is 10.5. The Hall–Kier alpha value is 0.110. The van der Waals surface area contributed by atoms with Gasteiger partial charge in [-0.2, -0.15) is 5.10 Å². The largest absolute Gasteiger partial charge is 0.224 e. The number of hydrogen-bond donors (Lipinski definition) is 1. The third kappa shape index (κ3) is 1.01. The van der Waals surface area contributed by atoms with Gasteiger partial charge in [0.25, 0.3) is 0 Å². The number of hydrogen-bond acceptors (Lipinski definition) is 3. The quantitative estimate of drug-likeness (QED) is 0.300. The van der Waals surface area contributed by atoms with Crippen molar-refractivity contribution in [3.8, 4) is 0 Å². The minimum absolute atomic E-state index is 0.0386. The molecule has 0 fully saturated rings. The summed E-state index contributed by atoms with van der Waals surface area (Å²) in [5.74, 6) is 0. The number of thiol groups is 1. The molecule has 0 aromatic rings. The first kappa shape index (κ1) is 5.25. The standard InChI is InChI=1S/C3H5ClN2S/c4-3-1-2-5-6(3)7/h2-3,7H,1H2. The second kappa shape index (κ2) is 1.92. The average molecular weight is 137 g/mol. The highest BCUT2D eigenvalue weighted by molar-refractivity contribution is 7.77. The zero-order valence-corrected chi connectivity index (χ0v) is 5.23. The Morgan fingerprint density at radius 3 is 2.86 bits per heavy atom. The number of halogens is 1. The van der Waals surface area contributed by atoms with E-state index in [0.717, 1.165) is 6.42 Å². The van der Waals surface area contributed by atoms with Crippen LogP contribution in [0.1, 0.15) is 6.42 Å². The van der Waals surface area contributed by atoms with Crippen molar-refractivity contribution in [3.05, 3.63) is 0 Å². The van der Waals surface area contributed by atoms with Crippen LogP contribution in [0.4, 0.5) is 0 Å². The molecule has 0 radical (unpaired) electrons. The van der Waals surface area contributed by atoms with Crippen LogP contribution in [0.25, 0.3) is 0 Å². The molecule has 7 heavy (non-hydrogen) atoms. The van der Waals surface area contributed by atoms with E-state index in [9.17, 15) is 0 Å². The number of alkyl halides is 1. The fourth-order valence-electron chi connectivity index (χ4n) is 0.384. The highest BCUT2D eigenvalue weighted by Crippen LogP contribution is 2.15. The number of hydrazone groups is 1. The summed E-state index contributed by atoms with van der Waals surface area (Å²) < 4.78 is 1.43. The molecule has 0 amide bonds. The molecular weight excluding hydrogens is 132 g/mol. The lowest BCUT2D eigenvalue weighted by molar-refractivity contribution is 0.518. The van der Waals surface area contributed by atoms with E-state index in [0.29, 0.717) is 0 Å². The van der Waals surface area contributed by atoms with E-state index >= 15 is 0 Å². The maximum atomic E-state index is 5.59. The highest BCUT2D eigenvalue weighted by atomic mass is 35.5. The van der Waals surface area contributed by atoms with Crippen molar-refractivity contribution < 1.29 is 0 Å². The van der Waals surface area contributed by atoms with Crippen molar-refractivity contribution in [2.45, 2.75) is 11.9 Å². The van der Waals surface area contributed by atoms with Crippen molar-refractivity contribution in [3.63, 3.8) is 0 Å². The Balaban J connectivity index is 2.45. The van der Waals surface area contributed by atoms with E-state index in [1.165, 1.54) is 4.41 Å². The lowest BCUT2D eigenvalue weighted by Crippen LogP contribution is -2.08. The van der Waals surface area contributed by atoms with Crippen LogP contribution in [0.2, 0.25) is 0 Å². The molecule has 0 bridgehead atoms. The predicted molar refractivity (Wildman–Crippen MR) is 33.6 cm³/mol. The highest BCUT2D eigenvalue weighted by Gasteiger charge is 2.12. The summed E-state index contributed by atoms with van der Waals surface area (Å²) in [6, 6.07) is 0. The summed E-state index contributed by atoms with van der Waals surface area (Å²) in [5.41, 5.74) is -0.0386.